The van der Waals surface area contributed by atoms with Crippen molar-refractivity contribution in [1.29, 1.82) is 0 Å². The molecule has 0 saturated carbocycles. The van der Waals surface area contributed by atoms with Gasteiger partial charge in [-0.15, -0.1) is 0 Å². The molecule has 2 atom stereocenters. The molecule has 0 aliphatic carbocycles. The third-order valence-corrected chi connectivity index (χ3v) is 4.08. The van der Waals surface area contributed by atoms with Crippen LogP contribution in [0.15, 0.2) is 42.5 Å². The molecule has 0 saturated heterocycles. The monoisotopic (exact) mass is 371 g/mol. The molecule has 27 heavy (non-hydrogen) atoms. The highest BCUT2D eigenvalue weighted by molar-refractivity contribution is 5.81. The van der Waals surface area contributed by atoms with Gasteiger partial charge < -0.3 is 19.5 Å². The lowest BCUT2D eigenvalue weighted by molar-refractivity contribution is -0.128. The Bertz CT molecular complexity index is 722. The molecule has 2 rings (SSSR count). The summed E-state index contributed by atoms with van der Waals surface area (Å²) in [7, 11) is 1.62. The van der Waals surface area contributed by atoms with Gasteiger partial charge in [0.25, 0.3) is 5.91 Å². The van der Waals surface area contributed by atoms with Crippen molar-refractivity contribution in [3.05, 3.63) is 53.6 Å². The van der Waals surface area contributed by atoms with Crippen LogP contribution < -0.4 is 19.5 Å². The average Bonchev–Trinajstić information content (AvgIpc) is 2.64. The van der Waals surface area contributed by atoms with E-state index in [-0.39, 0.29) is 11.9 Å². The SMILES string of the molecule is CCC(Oc1cc(C)cc(C)c1)C(=O)NC(C)COc1ccc(OC)cc1. The number of methoxy groups -OCH3 is 1. The van der Waals surface area contributed by atoms with Gasteiger partial charge in [0.05, 0.1) is 13.2 Å². The van der Waals surface area contributed by atoms with Crippen LogP contribution in [0.5, 0.6) is 17.2 Å². The molecule has 0 spiro atoms. The number of ether oxygens (including phenoxy) is 3. The number of nitrogens with one attached hydrogen (secondary N) is 1. The smallest absolute Gasteiger partial charge is 0.261 e. The van der Waals surface area contributed by atoms with Gasteiger partial charge in [0.1, 0.15) is 23.9 Å². The van der Waals surface area contributed by atoms with Gasteiger partial charge in [0.2, 0.25) is 0 Å². The third kappa shape index (κ3) is 6.51. The van der Waals surface area contributed by atoms with E-state index in [2.05, 4.69) is 11.4 Å². The largest absolute Gasteiger partial charge is 0.497 e. The van der Waals surface area contributed by atoms with E-state index in [0.29, 0.717) is 13.0 Å². The van der Waals surface area contributed by atoms with E-state index in [9.17, 15) is 4.79 Å². The Morgan fingerprint density at radius 3 is 2.15 bits per heavy atom. The van der Waals surface area contributed by atoms with Crippen molar-refractivity contribution < 1.29 is 19.0 Å². The van der Waals surface area contributed by atoms with Crippen LogP contribution in [0.1, 0.15) is 31.4 Å². The standard InChI is InChI=1S/C22H29NO4/c1-6-21(27-20-12-15(2)11-16(3)13-20)22(24)23-17(4)14-26-19-9-7-18(25-5)8-10-19/h7-13,17,21H,6,14H2,1-5H3,(H,23,24). The molecule has 0 aliphatic rings. The molecule has 1 amide bonds. The fourth-order valence-corrected chi connectivity index (χ4v) is 2.76. The van der Waals surface area contributed by atoms with Crippen LogP contribution in [0.4, 0.5) is 0 Å². The molecular formula is C22H29NO4. The van der Waals surface area contributed by atoms with E-state index in [1.807, 2.05) is 64.1 Å². The summed E-state index contributed by atoms with van der Waals surface area (Å²) >= 11 is 0. The summed E-state index contributed by atoms with van der Waals surface area (Å²) in [5.74, 6) is 2.09. The zero-order chi connectivity index (χ0) is 19.8. The fraction of sp³-hybridized carbons (Fsp3) is 0.409. The number of amides is 1. The minimum atomic E-state index is -0.533. The normalized spacial score (nSPS) is 12.8. The highest BCUT2D eigenvalue weighted by Crippen LogP contribution is 2.19. The van der Waals surface area contributed by atoms with Gasteiger partial charge in [0, 0.05) is 0 Å². The van der Waals surface area contributed by atoms with Crippen LogP contribution in [0, 0.1) is 13.8 Å². The van der Waals surface area contributed by atoms with Crippen LogP contribution in [0.3, 0.4) is 0 Å². The summed E-state index contributed by atoms with van der Waals surface area (Å²) in [5, 5.41) is 2.96. The van der Waals surface area contributed by atoms with Crippen LogP contribution in [0.2, 0.25) is 0 Å². The molecule has 0 aromatic heterocycles. The quantitative estimate of drug-likeness (QED) is 0.722. The maximum atomic E-state index is 12.5. The molecule has 0 aliphatic heterocycles. The zero-order valence-corrected chi connectivity index (χ0v) is 16.7. The first-order chi connectivity index (χ1) is 12.9. The predicted octanol–water partition coefficient (Wildman–Crippen LogP) is 4.05. The predicted molar refractivity (Wildman–Crippen MR) is 107 cm³/mol. The molecule has 2 unspecified atom stereocenters. The van der Waals surface area contributed by atoms with Crippen molar-refractivity contribution in [2.75, 3.05) is 13.7 Å². The van der Waals surface area contributed by atoms with Crippen molar-refractivity contribution in [2.45, 2.75) is 46.3 Å². The molecular weight excluding hydrogens is 342 g/mol. The molecule has 2 aromatic carbocycles. The molecule has 1 N–H and O–H groups in total. The maximum absolute atomic E-state index is 12.5. The third-order valence-electron chi connectivity index (χ3n) is 4.08. The molecule has 2 aromatic rings. The number of carbonyl (C=O) groups excluding carboxylic acids is 1. The number of rotatable bonds is 9. The van der Waals surface area contributed by atoms with Crippen molar-refractivity contribution in [3.63, 3.8) is 0 Å². The molecule has 0 heterocycles. The van der Waals surface area contributed by atoms with E-state index < -0.39 is 6.10 Å². The Labute approximate surface area is 161 Å². The molecule has 5 nitrogen and oxygen atoms in total. The Kier molecular flexibility index (Phi) is 7.53. The summed E-state index contributed by atoms with van der Waals surface area (Å²) in [6.07, 6.45) is 0.0554. The van der Waals surface area contributed by atoms with Gasteiger partial charge in [-0.2, -0.15) is 0 Å². The molecule has 0 bridgehead atoms. The second kappa shape index (κ2) is 9.86. The first-order valence-electron chi connectivity index (χ1n) is 9.23. The summed E-state index contributed by atoms with van der Waals surface area (Å²) in [6, 6.07) is 13.2. The lowest BCUT2D eigenvalue weighted by atomic mass is 10.1. The van der Waals surface area contributed by atoms with E-state index >= 15 is 0 Å². The van der Waals surface area contributed by atoms with Gasteiger partial charge in [-0.05, 0) is 74.7 Å². The van der Waals surface area contributed by atoms with E-state index in [1.54, 1.807) is 7.11 Å². The second-order valence-electron chi connectivity index (χ2n) is 6.73. The van der Waals surface area contributed by atoms with Gasteiger partial charge in [-0.3, -0.25) is 4.79 Å². The van der Waals surface area contributed by atoms with Crippen LogP contribution in [-0.4, -0.2) is 31.8 Å². The lowest BCUT2D eigenvalue weighted by Gasteiger charge is -2.21. The number of benzene rings is 2. The first-order valence-corrected chi connectivity index (χ1v) is 9.23. The minimum absolute atomic E-state index is 0.137. The van der Waals surface area contributed by atoms with Gasteiger partial charge in [0.15, 0.2) is 6.10 Å². The Balaban J connectivity index is 1.86. The van der Waals surface area contributed by atoms with Crippen LogP contribution in [-0.2, 0) is 4.79 Å². The molecule has 0 fully saturated rings. The van der Waals surface area contributed by atoms with Crippen molar-refractivity contribution in [2.24, 2.45) is 0 Å². The van der Waals surface area contributed by atoms with Crippen molar-refractivity contribution in [1.82, 2.24) is 5.32 Å². The summed E-state index contributed by atoms with van der Waals surface area (Å²) in [5.41, 5.74) is 2.23. The second-order valence-corrected chi connectivity index (χ2v) is 6.73. The number of hydrogen-bond acceptors (Lipinski definition) is 4. The Morgan fingerprint density at radius 1 is 1.00 bits per heavy atom. The van der Waals surface area contributed by atoms with Crippen molar-refractivity contribution >= 4 is 5.91 Å². The summed E-state index contributed by atoms with van der Waals surface area (Å²) < 4.78 is 16.8. The fourth-order valence-electron chi connectivity index (χ4n) is 2.76. The van der Waals surface area contributed by atoms with E-state index in [1.165, 1.54) is 0 Å². The van der Waals surface area contributed by atoms with E-state index in [0.717, 1.165) is 28.4 Å². The van der Waals surface area contributed by atoms with Gasteiger partial charge in [-0.1, -0.05) is 13.0 Å². The molecule has 0 radical (unpaired) electrons. The highest BCUT2D eigenvalue weighted by atomic mass is 16.5. The lowest BCUT2D eigenvalue weighted by Crippen LogP contribution is -2.44. The summed E-state index contributed by atoms with van der Waals surface area (Å²) in [6.45, 7) is 8.24. The molecule has 5 heteroatoms. The summed E-state index contributed by atoms with van der Waals surface area (Å²) in [4.78, 5) is 12.5. The Hall–Kier alpha value is -2.69. The molecule has 146 valence electrons. The highest BCUT2D eigenvalue weighted by Gasteiger charge is 2.20. The van der Waals surface area contributed by atoms with Crippen molar-refractivity contribution in [3.8, 4) is 17.2 Å². The van der Waals surface area contributed by atoms with Crippen LogP contribution >= 0.6 is 0 Å². The first kappa shape index (κ1) is 20.6. The number of hydrogen-bond donors (Lipinski definition) is 1. The minimum Gasteiger partial charge on any atom is -0.497 e. The topological polar surface area (TPSA) is 56.8 Å². The average molecular weight is 371 g/mol. The van der Waals surface area contributed by atoms with Crippen LogP contribution in [0.25, 0.3) is 0 Å². The number of aryl methyl sites for hydroxylation is 2. The van der Waals surface area contributed by atoms with Gasteiger partial charge >= 0.3 is 0 Å². The Morgan fingerprint density at radius 2 is 1.59 bits per heavy atom. The maximum Gasteiger partial charge on any atom is 0.261 e. The zero-order valence-electron chi connectivity index (χ0n) is 16.7. The number of carbonyl (C=O) groups is 1. The van der Waals surface area contributed by atoms with Gasteiger partial charge in [-0.25, -0.2) is 0 Å². The van der Waals surface area contributed by atoms with E-state index in [4.69, 9.17) is 14.2 Å².